The van der Waals surface area contributed by atoms with Crippen molar-refractivity contribution in [2.75, 3.05) is 6.54 Å². The molecule has 0 bridgehead atoms. The Morgan fingerprint density at radius 2 is 1.56 bits per heavy atom. The van der Waals surface area contributed by atoms with Crippen molar-refractivity contribution >= 4 is 11.8 Å². The summed E-state index contributed by atoms with van der Waals surface area (Å²) < 4.78 is 0. The Morgan fingerprint density at radius 1 is 0.840 bits per heavy atom. The fourth-order valence-electron chi connectivity index (χ4n) is 2.48. The van der Waals surface area contributed by atoms with E-state index in [2.05, 4.69) is 10.6 Å². The van der Waals surface area contributed by atoms with Crippen molar-refractivity contribution in [2.45, 2.75) is 39.2 Å². The Hall–Kier alpha value is -2.62. The first kappa shape index (κ1) is 18.7. The van der Waals surface area contributed by atoms with Gasteiger partial charge in [-0.1, -0.05) is 54.4 Å². The summed E-state index contributed by atoms with van der Waals surface area (Å²) >= 11 is 0. The van der Waals surface area contributed by atoms with Crippen LogP contribution in [-0.2, 0) is 11.3 Å². The molecule has 2 N–H and O–H groups in total. The van der Waals surface area contributed by atoms with Gasteiger partial charge in [0.1, 0.15) is 0 Å². The molecule has 0 radical (unpaired) electrons. The molecule has 2 rings (SSSR count). The number of carbonyl (C=O) groups excluding carboxylic acids is 2. The van der Waals surface area contributed by atoms with Crippen molar-refractivity contribution in [1.82, 2.24) is 10.6 Å². The van der Waals surface area contributed by atoms with Gasteiger partial charge in [0.2, 0.25) is 5.91 Å². The van der Waals surface area contributed by atoms with Crippen molar-refractivity contribution < 1.29 is 9.59 Å². The normalized spacial score (nSPS) is 10.3. The number of rotatable bonds is 9. The maximum Gasteiger partial charge on any atom is 0.251 e. The van der Waals surface area contributed by atoms with Gasteiger partial charge in [-0.3, -0.25) is 9.59 Å². The van der Waals surface area contributed by atoms with Gasteiger partial charge in [-0.05, 0) is 37.5 Å². The van der Waals surface area contributed by atoms with Gasteiger partial charge in [0.05, 0.1) is 0 Å². The largest absolute Gasteiger partial charge is 0.352 e. The maximum atomic E-state index is 11.9. The first-order valence-electron chi connectivity index (χ1n) is 8.80. The third-order valence-corrected chi connectivity index (χ3v) is 4.01. The molecule has 2 amide bonds. The van der Waals surface area contributed by atoms with Gasteiger partial charge in [0.25, 0.3) is 5.91 Å². The van der Waals surface area contributed by atoms with Crippen molar-refractivity contribution in [3.63, 3.8) is 0 Å². The van der Waals surface area contributed by atoms with Crippen LogP contribution >= 0.6 is 0 Å². The lowest BCUT2D eigenvalue weighted by molar-refractivity contribution is -0.121. The van der Waals surface area contributed by atoms with E-state index in [9.17, 15) is 9.59 Å². The zero-order chi connectivity index (χ0) is 17.9. The van der Waals surface area contributed by atoms with Gasteiger partial charge in [-0.15, -0.1) is 0 Å². The Kier molecular flexibility index (Phi) is 7.70. The minimum Gasteiger partial charge on any atom is -0.352 e. The monoisotopic (exact) mass is 338 g/mol. The summed E-state index contributed by atoms with van der Waals surface area (Å²) in [6.07, 6.45) is 3.16. The number of carbonyl (C=O) groups is 2. The van der Waals surface area contributed by atoms with Crippen LogP contribution < -0.4 is 10.6 Å². The Labute approximate surface area is 149 Å². The zero-order valence-electron chi connectivity index (χ0n) is 14.8. The van der Waals surface area contributed by atoms with E-state index in [-0.39, 0.29) is 11.8 Å². The van der Waals surface area contributed by atoms with Crippen LogP contribution in [-0.4, -0.2) is 18.4 Å². The second-order valence-corrected chi connectivity index (χ2v) is 6.19. The first-order valence-corrected chi connectivity index (χ1v) is 8.80. The molecule has 25 heavy (non-hydrogen) atoms. The lowest BCUT2D eigenvalue weighted by Gasteiger charge is -2.07. The summed E-state index contributed by atoms with van der Waals surface area (Å²) in [5, 5.41) is 5.84. The van der Waals surface area contributed by atoms with Gasteiger partial charge in [-0.2, -0.15) is 0 Å². The second kappa shape index (κ2) is 10.3. The molecule has 2 aromatic rings. The molecule has 0 saturated heterocycles. The van der Waals surface area contributed by atoms with Gasteiger partial charge < -0.3 is 10.6 Å². The van der Waals surface area contributed by atoms with Crippen molar-refractivity contribution in [3.8, 4) is 0 Å². The van der Waals surface area contributed by atoms with Crippen LogP contribution in [0.15, 0.2) is 54.6 Å². The molecule has 0 saturated carbocycles. The van der Waals surface area contributed by atoms with Crippen LogP contribution in [0.5, 0.6) is 0 Å². The van der Waals surface area contributed by atoms with Crippen molar-refractivity contribution in [2.24, 2.45) is 0 Å². The number of unbranched alkanes of at least 4 members (excludes halogenated alkanes) is 2. The Bertz CT molecular complexity index is 666. The molecule has 0 heterocycles. The zero-order valence-corrected chi connectivity index (χ0v) is 14.8. The predicted octanol–water partition coefficient (Wildman–Crippen LogP) is 3.60. The average Bonchev–Trinajstić information content (AvgIpc) is 2.64. The van der Waals surface area contributed by atoms with E-state index in [1.165, 1.54) is 5.56 Å². The molecular weight excluding hydrogens is 312 g/mol. The number of aryl methyl sites for hydroxylation is 1. The molecule has 0 fully saturated rings. The van der Waals surface area contributed by atoms with E-state index < -0.39 is 0 Å². The highest BCUT2D eigenvalue weighted by molar-refractivity contribution is 5.94. The summed E-state index contributed by atoms with van der Waals surface area (Å²) in [5.41, 5.74) is 3.01. The molecule has 4 heteroatoms. The number of amides is 2. The summed E-state index contributed by atoms with van der Waals surface area (Å²) in [4.78, 5) is 23.7. The molecule has 0 atom stereocenters. The second-order valence-electron chi connectivity index (χ2n) is 6.19. The van der Waals surface area contributed by atoms with E-state index in [1.54, 1.807) is 12.1 Å². The molecule has 0 aliphatic rings. The molecule has 0 spiro atoms. The molecule has 132 valence electrons. The molecule has 2 aromatic carbocycles. The maximum absolute atomic E-state index is 11.9. The van der Waals surface area contributed by atoms with Gasteiger partial charge in [0.15, 0.2) is 0 Å². The van der Waals surface area contributed by atoms with Crippen LogP contribution in [0.4, 0.5) is 0 Å². The predicted molar refractivity (Wildman–Crippen MR) is 100 cm³/mol. The van der Waals surface area contributed by atoms with Gasteiger partial charge in [-0.25, -0.2) is 0 Å². The lowest BCUT2D eigenvalue weighted by Crippen LogP contribution is -2.24. The van der Waals surface area contributed by atoms with Crippen molar-refractivity contribution in [3.05, 3.63) is 71.3 Å². The number of hydrogen-bond donors (Lipinski definition) is 2. The standard InChI is InChI=1S/C21H26N2O2/c1-17-11-13-18(14-12-17)16-23-20(24)10-6-3-7-15-22-21(25)19-8-4-2-5-9-19/h2,4-5,8-9,11-14H,3,6-7,10,15-16H2,1H3,(H,22,25)(H,23,24). The van der Waals surface area contributed by atoms with Gasteiger partial charge >= 0.3 is 0 Å². The highest BCUT2D eigenvalue weighted by Gasteiger charge is 2.04. The quantitative estimate of drug-likeness (QED) is 0.686. The lowest BCUT2D eigenvalue weighted by atomic mass is 10.1. The third kappa shape index (κ3) is 7.21. The molecule has 4 nitrogen and oxygen atoms in total. The average molecular weight is 338 g/mol. The smallest absolute Gasteiger partial charge is 0.251 e. The highest BCUT2D eigenvalue weighted by Crippen LogP contribution is 2.04. The van der Waals surface area contributed by atoms with Crippen LogP contribution in [0.2, 0.25) is 0 Å². The van der Waals surface area contributed by atoms with Crippen LogP contribution in [0.25, 0.3) is 0 Å². The van der Waals surface area contributed by atoms with Crippen LogP contribution in [0.1, 0.15) is 47.2 Å². The van der Waals surface area contributed by atoms with E-state index in [1.807, 2.05) is 49.4 Å². The fraction of sp³-hybridized carbons (Fsp3) is 0.333. The van der Waals surface area contributed by atoms with Crippen molar-refractivity contribution in [1.29, 1.82) is 0 Å². The third-order valence-electron chi connectivity index (χ3n) is 4.01. The Morgan fingerprint density at radius 3 is 2.28 bits per heavy atom. The first-order chi connectivity index (χ1) is 12.1. The topological polar surface area (TPSA) is 58.2 Å². The summed E-state index contributed by atoms with van der Waals surface area (Å²) in [7, 11) is 0. The molecule has 0 unspecified atom stereocenters. The van der Waals surface area contributed by atoms with E-state index in [4.69, 9.17) is 0 Å². The van der Waals surface area contributed by atoms with E-state index in [0.717, 1.165) is 24.8 Å². The van der Waals surface area contributed by atoms with E-state index >= 15 is 0 Å². The summed E-state index contributed by atoms with van der Waals surface area (Å²) in [6, 6.07) is 17.4. The number of nitrogens with one attached hydrogen (secondary N) is 2. The van der Waals surface area contributed by atoms with Gasteiger partial charge in [0, 0.05) is 25.1 Å². The fourth-order valence-corrected chi connectivity index (χ4v) is 2.48. The molecule has 0 aliphatic carbocycles. The van der Waals surface area contributed by atoms with E-state index in [0.29, 0.717) is 25.1 Å². The molecule has 0 aromatic heterocycles. The molecule has 0 aliphatic heterocycles. The summed E-state index contributed by atoms with van der Waals surface area (Å²) in [6.45, 7) is 3.26. The minimum atomic E-state index is -0.0450. The summed E-state index contributed by atoms with van der Waals surface area (Å²) in [5.74, 6) is 0.0327. The minimum absolute atomic E-state index is 0.0450. The SMILES string of the molecule is Cc1ccc(CNC(=O)CCCCCNC(=O)c2ccccc2)cc1. The number of benzene rings is 2. The Balaban J connectivity index is 1.51. The van der Waals surface area contributed by atoms with Crippen LogP contribution in [0.3, 0.4) is 0 Å². The molecular formula is C21H26N2O2. The van der Waals surface area contributed by atoms with Crippen LogP contribution in [0, 0.1) is 6.92 Å². The number of hydrogen-bond acceptors (Lipinski definition) is 2. The highest BCUT2D eigenvalue weighted by atomic mass is 16.2.